The summed E-state index contributed by atoms with van der Waals surface area (Å²) in [6, 6.07) is 26.5. The molecule has 0 aliphatic heterocycles. The van der Waals surface area contributed by atoms with Crippen molar-refractivity contribution in [1.29, 1.82) is 5.26 Å². The van der Waals surface area contributed by atoms with Gasteiger partial charge >= 0.3 is 0 Å². The molecule has 0 N–H and O–H groups in total. The van der Waals surface area contributed by atoms with Crippen molar-refractivity contribution in [2.45, 2.75) is 24.8 Å². The summed E-state index contributed by atoms with van der Waals surface area (Å²) in [5.74, 6) is 1.55. The predicted octanol–water partition coefficient (Wildman–Crippen LogP) is 5.72. The van der Waals surface area contributed by atoms with E-state index in [1.807, 2.05) is 42.5 Å². The Hall–Kier alpha value is -3.36. The van der Waals surface area contributed by atoms with Crippen molar-refractivity contribution in [3.8, 4) is 23.1 Å². The molecule has 4 nitrogen and oxygen atoms in total. The molecule has 0 saturated carbocycles. The fourth-order valence-corrected chi connectivity index (χ4v) is 4.13. The first kappa shape index (κ1) is 19.0. The topological polar surface area (TPSA) is 54.5 Å². The van der Waals surface area contributed by atoms with Crippen LogP contribution < -0.4 is 0 Å². The molecular weight excluding hydrogens is 376 g/mol. The maximum absolute atomic E-state index is 9.14. The van der Waals surface area contributed by atoms with Crippen LogP contribution in [0.1, 0.15) is 22.3 Å². The summed E-state index contributed by atoms with van der Waals surface area (Å²) in [6.45, 7) is 4.18. The largest absolute Gasteiger partial charge is 0.270 e. The number of aryl methyl sites for hydroxylation is 2. The molecule has 0 atom stereocenters. The van der Waals surface area contributed by atoms with E-state index in [4.69, 9.17) is 5.26 Å². The molecule has 4 rings (SSSR count). The molecule has 0 spiro atoms. The number of benzene rings is 3. The Morgan fingerprint density at radius 3 is 2.55 bits per heavy atom. The van der Waals surface area contributed by atoms with Crippen LogP contribution in [0.5, 0.6) is 0 Å². The fourth-order valence-electron chi connectivity index (χ4n) is 3.24. The van der Waals surface area contributed by atoms with Gasteiger partial charge < -0.3 is 0 Å². The van der Waals surface area contributed by atoms with E-state index in [1.54, 1.807) is 11.8 Å². The second kappa shape index (κ2) is 8.34. The molecular formula is C24H20N4S. The zero-order chi connectivity index (χ0) is 20.2. The van der Waals surface area contributed by atoms with E-state index in [0.29, 0.717) is 11.3 Å². The Morgan fingerprint density at radius 1 is 0.931 bits per heavy atom. The molecule has 5 heteroatoms. The second-order valence-electron chi connectivity index (χ2n) is 6.90. The van der Waals surface area contributed by atoms with Crippen molar-refractivity contribution in [2.24, 2.45) is 0 Å². The van der Waals surface area contributed by atoms with Crippen molar-refractivity contribution in [3.05, 3.63) is 95.1 Å². The van der Waals surface area contributed by atoms with Gasteiger partial charge in [-0.25, -0.2) is 0 Å². The molecule has 3 aromatic carbocycles. The number of hydrogen-bond donors (Lipinski definition) is 0. The molecule has 0 bridgehead atoms. The highest BCUT2D eigenvalue weighted by Gasteiger charge is 2.17. The predicted molar refractivity (Wildman–Crippen MR) is 117 cm³/mol. The second-order valence-corrected chi connectivity index (χ2v) is 7.84. The summed E-state index contributed by atoms with van der Waals surface area (Å²) in [7, 11) is 0. The molecule has 0 radical (unpaired) electrons. The van der Waals surface area contributed by atoms with Crippen LogP contribution in [0.3, 0.4) is 0 Å². The van der Waals surface area contributed by atoms with Gasteiger partial charge in [-0.2, -0.15) is 5.26 Å². The Balaban J connectivity index is 1.76. The Morgan fingerprint density at radius 2 is 1.76 bits per heavy atom. The molecule has 1 heterocycles. The molecule has 29 heavy (non-hydrogen) atoms. The molecule has 142 valence electrons. The van der Waals surface area contributed by atoms with Crippen LogP contribution in [0, 0.1) is 25.2 Å². The Bertz CT molecular complexity index is 1200. The van der Waals surface area contributed by atoms with E-state index in [-0.39, 0.29) is 0 Å². The van der Waals surface area contributed by atoms with Crippen LogP contribution in [0.15, 0.2) is 78.0 Å². The first-order chi connectivity index (χ1) is 14.2. The number of nitriles is 1. The Kier molecular flexibility index (Phi) is 5.46. The lowest BCUT2D eigenvalue weighted by Gasteiger charge is -2.13. The van der Waals surface area contributed by atoms with Gasteiger partial charge in [-0.1, -0.05) is 65.9 Å². The van der Waals surface area contributed by atoms with Crippen LogP contribution in [0.2, 0.25) is 0 Å². The van der Waals surface area contributed by atoms with Gasteiger partial charge in [-0.05, 0) is 49.2 Å². The summed E-state index contributed by atoms with van der Waals surface area (Å²) < 4.78 is 2.13. The monoisotopic (exact) mass is 396 g/mol. The number of hydrogen-bond acceptors (Lipinski definition) is 4. The molecule has 0 unspecified atom stereocenters. The number of para-hydroxylation sites is 1. The molecule has 0 aliphatic carbocycles. The van der Waals surface area contributed by atoms with Crippen LogP contribution in [0.4, 0.5) is 0 Å². The van der Waals surface area contributed by atoms with Gasteiger partial charge in [0.1, 0.15) is 0 Å². The zero-order valence-corrected chi connectivity index (χ0v) is 17.1. The summed E-state index contributed by atoms with van der Waals surface area (Å²) in [4.78, 5) is 0. The fraction of sp³-hybridized carbons (Fsp3) is 0.125. The minimum Gasteiger partial charge on any atom is -0.270 e. The molecule has 0 saturated heterocycles. The lowest BCUT2D eigenvalue weighted by molar-refractivity contribution is 0.880. The molecule has 4 aromatic rings. The van der Waals surface area contributed by atoms with E-state index < -0.39 is 0 Å². The highest BCUT2D eigenvalue weighted by molar-refractivity contribution is 7.98. The van der Waals surface area contributed by atoms with Crippen molar-refractivity contribution in [2.75, 3.05) is 0 Å². The van der Waals surface area contributed by atoms with Crippen molar-refractivity contribution in [1.82, 2.24) is 14.8 Å². The van der Waals surface area contributed by atoms with Crippen LogP contribution in [-0.4, -0.2) is 14.8 Å². The van der Waals surface area contributed by atoms with Crippen LogP contribution in [-0.2, 0) is 5.75 Å². The minimum absolute atomic E-state index is 0.670. The van der Waals surface area contributed by atoms with E-state index in [2.05, 4.69) is 65.0 Å². The quantitative estimate of drug-likeness (QED) is 0.405. The number of aromatic nitrogens is 3. The van der Waals surface area contributed by atoms with Crippen LogP contribution >= 0.6 is 11.8 Å². The van der Waals surface area contributed by atoms with E-state index in [1.165, 1.54) is 5.56 Å². The lowest BCUT2D eigenvalue weighted by Crippen LogP contribution is -2.02. The third kappa shape index (κ3) is 4.08. The van der Waals surface area contributed by atoms with Gasteiger partial charge in [0.15, 0.2) is 11.0 Å². The zero-order valence-electron chi connectivity index (χ0n) is 16.3. The average Bonchev–Trinajstić information content (AvgIpc) is 3.16. The highest BCUT2D eigenvalue weighted by Crippen LogP contribution is 2.31. The van der Waals surface area contributed by atoms with Crippen LogP contribution in [0.25, 0.3) is 17.1 Å². The van der Waals surface area contributed by atoms with E-state index >= 15 is 0 Å². The SMILES string of the molecule is Cc1cccc(-c2nnc(SCc3cccc(C#N)c3)n2-c2ccccc2C)c1. The first-order valence-electron chi connectivity index (χ1n) is 9.36. The summed E-state index contributed by atoms with van der Waals surface area (Å²) in [5, 5.41) is 19.0. The number of thioether (sulfide) groups is 1. The lowest BCUT2D eigenvalue weighted by atomic mass is 10.1. The highest BCUT2D eigenvalue weighted by atomic mass is 32.2. The molecule has 1 aromatic heterocycles. The van der Waals surface area contributed by atoms with Gasteiger partial charge in [0, 0.05) is 11.3 Å². The molecule has 0 fully saturated rings. The van der Waals surface area contributed by atoms with E-state index in [9.17, 15) is 0 Å². The van der Waals surface area contributed by atoms with Crippen molar-refractivity contribution < 1.29 is 0 Å². The smallest absolute Gasteiger partial charge is 0.196 e. The molecule has 0 aliphatic rings. The number of nitrogens with zero attached hydrogens (tertiary/aromatic N) is 4. The van der Waals surface area contributed by atoms with Gasteiger partial charge in [-0.3, -0.25) is 4.57 Å². The standard InChI is InChI=1S/C24H20N4S/c1-17-7-5-11-21(13-17)23-26-27-24(28(23)22-12-4-3-8-18(22)2)29-16-20-10-6-9-19(14-20)15-25/h3-14H,16H2,1-2H3. The van der Waals surface area contributed by atoms with Gasteiger partial charge in [0.25, 0.3) is 0 Å². The third-order valence-electron chi connectivity index (χ3n) is 4.69. The van der Waals surface area contributed by atoms with Gasteiger partial charge in [0.2, 0.25) is 0 Å². The maximum atomic E-state index is 9.14. The summed E-state index contributed by atoms with van der Waals surface area (Å²) in [6.07, 6.45) is 0. The van der Waals surface area contributed by atoms with Gasteiger partial charge in [0.05, 0.1) is 17.3 Å². The van der Waals surface area contributed by atoms with E-state index in [0.717, 1.165) is 33.4 Å². The Labute approximate surface area is 174 Å². The average molecular weight is 397 g/mol. The normalized spacial score (nSPS) is 10.7. The molecule has 0 amide bonds. The van der Waals surface area contributed by atoms with Gasteiger partial charge in [-0.15, -0.1) is 10.2 Å². The summed E-state index contributed by atoms with van der Waals surface area (Å²) in [5.41, 5.74) is 6.22. The maximum Gasteiger partial charge on any atom is 0.196 e. The number of rotatable bonds is 5. The van der Waals surface area contributed by atoms with Crippen molar-refractivity contribution in [3.63, 3.8) is 0 Å². The third-order valence-corrected chi connectivity index (χ3v) is 5.69. The first-order valence-corrected chi connectivity index (χ1v) is 10.3. The summed E-state index contributed by atoms with van der Waals surface area (Å²) >= 11 is 1.62. The minimum atomic E-state index is 0.670. The van der Waals surface area contributed by atoms with Crippen molar-refractivity contribution >= 4 is 11.8 Å².